The molecule has 1 fully saturated rings. The van der Waals surface area contributed by atoms with E-state index in [-0.39, 0.29) is 6.10 Å². The van der Waals surface area contributed by atoms with Crippen molar-refractivity contribution in [3.8, 4) is 0 Å². The first-order valence-electron chi connectivity index (χ1n) is 5.94. The van der Waals surface area contributed by atoms with Gasteiger partial charge < -0.3 is 15.3 Å². The quantitative estimate of drug-likeness (QED) is 0.624. The van der Waals surface area contributed by atoms with Gasteiger partial charge in [-0.25, -0.2) is 0 Å². The zero-order valence-corrected chi connectivity index (χ0v) is 9.34. The second-order valence-electron chi connectivity index (χ2n) is 4.18. The Bertz CT molecular complexity index is 133. The molecule has 2 N–H and O–H groups in total. The van der Waals surface area contributed by atoms with Crippen LogP contribution in [0.25, 0.3) is 0 Å². The van der Waals surface area contributed by atoms with E-state index in [1.54, 1.807) is 0 Å². The van der Waals surface area contributed by atoms with E-state index in [0.717, 1.165) is 39.0 Å². The fourth-order valence-electron chi connectivity index (χ4n) is 1.87. The van der Waals surface area contributed by atoms with E-state index in [0.29, 0.717) is 0 Å². The van der Waals surface area contributed by atoms with Crippen molar-refractivity contribution in [2.75, 3.05) is 32.7 Å². The minimum absolute atomic E-state index is 0.0375. The summed E-state index contributed by atoms with van der Waals surface area (Å²) in [6.07, 6.45) is 4.33. The average molecular weight is 200 g/mol. The first kappa shape index (κ1) is 12.0. The maximum absolute atomic E-state index is 9.33. The lowest BCUT2D eigenvalue weighted by atomic mass is 10.1. The highest BCUT2D eigenvalue weighted by Crippen LogP contribution is 2.09. The molecule has 1 rings (SSSR count). The van der Waals surface area contributed by atoms with E-state index in [9.17, 15) is 5.11 Å². The maximum atomic E-state index is 9.33. The van der Waals surface area contributed by atoms with Crippen LogP contribution in [-0.2, 0) is 0 Å². The molecular formula is C11H24N2O. The normalized spacial score (nSPS) is 20.1. The molecular weight excluding hydrogens is 176 g/mol. The van der Waals surface area contributed by atoms with Crippen molar-refractivity contribution in [3.05, 3.63) is 0 Å². The maximum Gasteiger partial charge on any atom is 0.0564 e. The van der Waals surface area contributed by atoms with Gasteiger partial charge in [-0.3, -0.25) is 0 Å². The first-order valence-corrected chi connectivity index (χ1v) is 5.94. The number of rotatable bonds is 6. The van der Waals surface area contributed by atoms with E-state index >= 15 is 0 Å². The minimum atomic E-state index is -0.0375. The standard InChI is InChI=1S/C11H24N2O/c1-2-6-12-7-3-8-13-9-4-11(14)5-10-13/h11-12,14H,2-10H2,1H3. The molecule has 0 aromatic heterocycles. The van der Waals surface area contributed by atoms with Crippen molar-refractivity contribution in [2.45, 2.75) is 38.7 Å². The Morgan fingerprint density at radius 1 is 1.29 bits per heavy atom. The van der Waals surface area contributed by atoms with Gasteiger partial charge in [-0.05, 0) is 45.3 Å². The zero-order valence-electron chi connectivity index (χ0n) is 9.34. The molecule has 0 aromatic carbocycles. The topological polar surface area (TPSA) is 35.5 Å². The fraction of sp³-hybridized carbons (Fsp3) is 1.00. The van der Waals surface area contributed by atoms with Gasteiger partial charge in [0, 0.05) is 13.1 Å². The monoisotopic (exact) mass is 200 g/mol. The highest BCUT2D eigenvalue weighted by Gasteiger charge is 2.15. The van der Waals surface area contributed by atoms with Crippen LogP contribution in [0.1, 0.15) is 32.6 Å². The van der Waals surface area contributed by atoms with Crippen LogP contribution in [0.2, 0.25) is 0 Å². The van der Waals surface area contributed by atoms with E-state index in [1.807, 2.05) is 0 Å². The Labute approximate surface area is 87.5 Å². The molecule has 14 heavy (non-hydrogen) atoms. The lowest BCUT2D eigenvalue weighted by Crippen LogP contribution is -2.37. The highest BCUT2D eigenvalue weighted by atomic mass is 16.3. The molecule has 0 amide bonds. The van der Waals surface area contributed by atoms with Gasteiger partial charge in [0.1, 0.15) is 0 Å². The molecule has 1 saturated heterocycles. The number of nitrogens with zero attached hydrogens (tertiary/aromatic N) is 1. The van der Waals surface area contributed by atoms with Gasteiger partial charge in [-0.1, -0.05) is 6.92 Å². The molecule has 1 aliphatic rings. The van der Waals surface area contributed by atoms with Crippen molar-refractivity contribution in [2.24, 2.45) is 0 Å². The van der Waals surface area contributed by atoms with Crippen LogP contribution < -0.4 is 5.32 Å². The Kier molecular flexibility index (Phi) is 6.15. The summed E-state index contributed by atoms with van der Waals surface area (Å²) >= 11 is 0. The molecule has 0 aliphatic carbocycles. The molecule has 1 heterocycles. The summed E-state index contributed by atoms with van der Waals surface area (Å²) in [5, 5.41) is 12.7. The van der Waals surface area contributed by atoms with Gasteiger partial charge >= 0.3 is 0 Å². The molecule has 3 heteroatoms. The Hall–Kier alpha value is -0.120. The molecule has 0 saturated carbocycles. The summed E-state index contributed by atoms with van der Waals surface area (Å²) in [6, 6.07) is 0. The molecule has 3 nitrogen and oxygen atoms in total. The van der Waals surface area contributed by atoms with Crippen molar-refractivity contribution in [3.63, 3.8) is 0 Å². The lowest BCUT2D eigenvalue weighted by Gasteiger charge is -2.29. The molecule has 0 radical (unpaired) electrons. The number of piperidine rings is 1. The van der Waals surface area contributed by atoms with Gasteiger partial charge in [0.15, 0.2) is 0 Å². The van der Waals surface area contributed by atoms with Crippen LogP contribution in [0.4, 0.5) is 0 Å². The largest absolute Gasteiger partial charge is 0.393 e. The zero-order chi connectivity index (χ0) is 10.2. The van der Waals surface area contributed by atoms with E-state index in [2.05, 4.69) is 17.1 Å². The number of hydrogen-bond donors (Lipinski definition) is 2. The van der Waals surface area contributed by atoms with Gasteiger partial charge in [0.2, 0.25) is 0 Å². The smallest absolute Gasteiger partial charge is 0.0564 e. The summed E-state index contributed by atoms with van der Waals surface area (Å²) in [6.45, 7) is 7.80. The van der Waals surface area contributed by atoms with Gasteiger partial charge in [-0.15, -0.1) is 0 Å². The number of aliphatic hydroxyl groups excluding tert-OH is 1. The van der Waals surface area contributed by atoms with E-state index < -0.39 is 0 Å². The van der Waals surface area contributed by atoms with Gasteiger partial charge in [-0.2, -0.15) is 0 Å². The third-order valence-corrected chi connectivity index (χ3v) is 2.81. The van der Waals surface area contributed by atoms with Crippen LogP contribution in [-0.4, -0.2) is 48.8 Å². The van der Waals surface area contributed by atoms with Crippen LogP contribution in [0.15, 0.2) is 0 Å². The van der Waals surface area contributed by atoms with Crippen molar-refractivity contribution in [1.82, 2.24) is 10.2 Å². The van der Waals surface area contributed by atoms with E-state index in [1.165, 1.54) is 19.4 Å². The second kappa shape index (κ2) is 7.21. The summed E-state index contributed by atoms with van der Waals surface area (Å²) < 4.78 is 0. The molecule has 0 spiro atoms. The van der Waals surface area contributed by atoms with Crippen molar-refractivity contribution in [1.29, 1.82) is 0 Å². The SMILES string of the molecule is CCCNCCCN1CCC(O)CC1. The highest BCUT2D eigenvalue weighted by molar-refractivity contribution is 4.70. The molecule has 1 aliphatic heterocycles. The summed E-state index contributed by atoms with van der Waals surface area (Å²) in [7, 11) is 0. The van der Waals surface area contributed by atoms with Crippen LogP contribution in [0, 0.1) is 0 Å². The van der Waals surface area contributed by atoms with Gasteiger partial charge in [0.05, 0.1) is 6.10 Å². The third kappa shape index (κ3) is 4.94. The van der Waals surface area contributed by atoms with Crippen molar-refractivity contribution >= 4 is 0 Å². The fourth-order valence-corrected chi connectivity index (χ4v) is 1.87. The summed E-state index contributed by atoms with van der Waals surface area (Å²) in [4.78, 5) is 2.46. The molecule has 0 bridgehead atoms. The predicted molar refractivity (Wildman–Crippen MR) is 59.5 cm³/mol. The molecule has 0 atom stereocenters. The number of nitrogens with one attached hydrogen (secondary N) is 1. The average Bonchev–Trinajstić information content (AvgIpc) is 2.21. The number of aliphatic hydroxyl groups is 1. The summed E-state index contributed by atoms with van der Waals surface area (Å²) in [5.41, 5.74) is 0. The Morgan fingerprint density at radius 2 is 2.00 bits per heavy atom. The Morgan fingerprint density at radius 3 is 2.64 bits per heavy atom. The van der Waals surface area contributed by atoms with Crippen LogP contribution in [0.5, 0.6) is 0 Å². The molecule has 0 unspecified atom stereocenters. The molecule has 84 valence electrons. The van der Waals surface area contributed by atoms with Crippen LogP contribution in [0.3, 0.4) is 0 Å². The van der Waals surface area contributed by atoms with Crippen LogP contribution >= 0.6 is 0 Å². The first-order chi connectivity index (χ1) is 6.83. The second-order valence-corrected chi connectivity index (χ2v) is 4.18. The summed E-state index contributed by atoms with van der Waals surface area (Å²) in [5.74, 6) is 0. The molecule has 0 aromatic rings. The minimum Gasteiger partial charge on any atom is -0.393 e. The lowest BCUT2D eigenvalue weighted by molar-refractivity contribution is 0.0821. The Balaban J connectivity index is 1.91. The number of hydrogen-bond acceptors (Lipinski definition) is 3. The van der Waals surface area contributed by atoms with E-state index in [4.69, 9.17) is 0 Å². The third-order valence-electron chi connectivity index (χ3n) is 2.81. The van der Waals surface area contributed by atoms with Crippen molar-refractivity contribution < 1.29 is 5.11 Å². The number of likely N-dealkylation sites (tertiary alicyclic amines) is 1. The van der Waals surface area contributed by atoms with Gasteiger partial charge in [0.25, 0.3) is 0 Å². The predicted octanol–water partition coefficient (Wildman–Crippen LogP) is 0.833.